The van der Waals surface area contributed by atoms with Gasteiger partial charge in [0.05, 0.1) is 5.01 Å². The zero-order chi connectivity index (χ0) is 12.0. The van der Waals surface area contributed by atoms with Crippen molar-refractivity contribution >= 4 is 17.3 Å². The fourth-order valence-electron chi connectivity index (χ4n) is 1.43. The van der Waals surface area contributed by atoms with Gasteiger partial charge in [-0.1, -0.05) is 19.8 Å². The predicted octanol–water partition coefficient (Wildman–Crippen LogP) is 2.18. The number of hydrogen-bond acceptors (Lipinski definition) is 4. The Balaban J connectivity index is 2.40. The van der Waals surface area contributed by atoms with Crippen LogP contribution in [0.1, 0.15) is 36.1 Å². The van der Waals surface area contributed by atoms with E-state index >= 15 is 0 Å². The van der Waals surface area contributed by atoms with Crippen LogP contribution < -0.4 is 5.32 Å². The number of rotatable bonds is 7. The molecule has 0 spiro atoms. The second-order valence-electron chi connectivity index (χ2n) is 3.76. The summed E-state index contributed by atoms with van der Waals surface area (Å²) in [6.07, 6.45) is 4.44. The molecule has 2 N–H and O–H groups in total. The number of carboxylic acids is 1. The summed E-state index contributed by atoms with van der Waals surface area (Å²) in [4.78, 5) is 16.2. The molecule has 1 aromatic rings. The summed E-state index contributed by atoms with van der Waals surface area (Å²) in [6.45, 7) is 4.59. The Bertz CT molecular complexity index is 338. The first-order valence-electron chi connectivity index (χ1n) is 5.51. The van der Waals surface area contributed by atoms with Crippen LogP contribution in [0.25, 0.3) is 0 Å². The van der Waals surface area contributed by atoms with Gasteiger partial charge in [-0.3, -0.25) is 10.1 Å². The number of aromatic nitrogens is 1. The number of aryl methyl sites for hydroxylation is 1. The number of unbranched alkanes of at least 4 members (excludes halogenated alkanes) is 1. The third kappa shape index (κ3) is 4.28. The third-order valence-electron chi connectivity index (χ3n) is 2.34. The molecule has 1 unspecified atom stereocenters. The van der Waals surface area contributed by atoms with Gasteiger partial charge in [0.15, 0.2) is 0 Å². The molecular weight excluding hydrogens is 224 g/mol. The van der Waals surface area contributed by atoms with E-state index in [4.69, 9.17) is 5.11 Å². The van der Waals surface area contributed by atoms with Crippen molar-refractivity contribution in [1.82, 2.24) is 10.3 Å². The van der Waals surface area contributed by atoms with Crippen molar-refractivity contribution in [2.24, 2.45) is 0 Å². The van der Waals surface area contributed by atoms with Crippen molar-refractivity contribution in [3.8, 4) is 0 Å². The first kappa shape index (κ1) is 13.1. The molecule has 1 heterocycles. The molecule has 0 saturated heterocycles. The largest absolute Gasteiger partial charge is 0.480 e. The maximum absolute atomic E-state index is 11.0. The number of thiazole rings is 1. The highest BCUT2D eigenvalue weighted by Gasteiger charge is 2.15. The number of carboxylic acid groups (broad SMARTS) is 1. The van der Waals surface area contributed by atoms with E-state index in [0.717, 1.165) is 22.7 Å². The Morgan fingerprint density at radius 1 is 1.69 bits per heavy atom. The van der Waals surface area contributed by atoms with Crippen LogP contribution in [0.4, 0.5) is 0 Å². The number of nitrogens with zero attached hydrogens (tertiary/aromatic N) is 1. The predicted molar refractivity (Wildman–Crippen MR) is 64.6 cm³/mol. The summed E-state index contributed by atoms with van der Waals surface area (Å²) in [5, 5.41) is 13.1. The van der Waals surface area contributed by atoms with Gasteiger partial charge in [-0.15, -0.1) is 11.3 Å². The van der Waals surface area contributed by atoms with E-state index in [-0.39, 0.29) is 0 Å². The quantitative estimate of drug-likeness (QED) is 0.769. The Kier molecular flexibility index (Phi) is 5.42. The standard InChI is InChI=1S/C11H18N2O2S/c1-3-4-5-10(11(14)15)13-7-9-6-12-8(2)16-9/h6,10,13H,3-5,7H2,1-2H3,(H,14,15). The van der Waals surface area contributed by atoms with E-state index in [1.54, 1.807) is 17.5 Å². The van der Waals surface area contributed by atoms with Crippen molar-refractivity contribution in [1.29, 1.82) is 0 Å². The van der Waals surface area contributed by atoms with E-state index in [1.807, 2.05) is 6.92 Å². The van der Waals surface area contributed by atoms with Crippen LogP contribution >= 0.6 is 11.3 Å². The molecule has 0 amide bonds. The van der Waals surface area contributed by atoms with Crippen LogP contribution in [0.15, 0.2) is 6.20 Å². The molecule has 0 aliphatic carbocycles. The van der Waals surface area contributed by atoms with Crippen molar-refractivity contribution in [2.45, 2.75) is 45.7 Å². The van der Waals surface area contributed by atoms with Gasteiger partial charge in [-0.2, -0.15) is 0 Å². The van der Waals surface area contributed by atoms with Crippen molar-refractivity contribution in [2.75, 3.05) is 0 Å². The summed E-state index contributed by atoms with van der Waals surface area (Å²) >= 11 is 1.60. The van der Waals surface area contributed by atoms with Crippen LogP contribution in [-0.4, -0.2) is 22.1 Å². The van der Waals surface area contributed by atoms with Gasteiger partial charge in [0.25, 0.3) is 0 Å². The second kappa shape index (κ2) is 6.60. The lowest BCUT2D eigenvalue weighted by molar-refractivity contribution is -0.139. The molecule has 5 heteroatoms. The van der Waals surface area contributed by atoms with Crippen LogP contribution in [0.5, 0.6) is 0 Å². The van der Waals surface area contributed by atoms with Crippen LogP contribution in [-0.2, 0) is 11.3 Å². The Hall–Kier alpha value is -0.940. The minimum Gasteiger partial charge on any atom is -0.480 e. The van der Waals surface area contributed by atoms with Gasteiger partial charge in [0.1, 0.15) is 6.04 Å². The minimum atomic E-state index is -0.769. The maximum atomic E-state index is 11.0. The highest BCUT2D eigenvalue weighted by Crippen LogP contribution is 2.11. The van der Waals surface area contributed by atoms with E-state index < -0.39 is 12.0 Å². The first-order chi connectivity index (χ1) is 7.63. The lowest BCUT2D eigenvalue weighted by Gasteiger charge is -2.12. The summed E-state index contributed by atoms with van der Waals surface area (Å²) in [7, 11) is 0. The van der Waals surface area contributed by atoms with Crippen LogP contribution in [0, 0.1) is 6.92 Å². The van der Waals surface area contributed by atoms with Gasteiger partial charge in [-0.05, 0) is 13.3 Å². The van der Waals surface area contributed by atoms with Gasteiger partial charge >= 0.3 is 5.97 Å². The molecule has 0 aromatic carbocycles. The van der Waals surface area contributed by atoms with Crippen molar-refractivity contribution in [3.05, 3.63) is 16.1 Å². The molecule has 0 radical (unpaired) electrons. The Morgan fingerprint density at radius 3 is 2.94 bits per heavy atom. The minimum absolute atomic E-state index is 0.442. The molecule has 16 heavy (non-hydrogen) atoms. The van der Waals surface area contributed by atoms with Gasteiger partial charge in [0.2, 0.25) is 0 Å². The number of nitrogens with one attached hydrogen (secondary N) is 1. The zero-order valence-corrected chi connectivity index (χ0v) is 10.5. The van der Waals surface area contributed by atoms with Crippen LogP contribution in [0.2, 0.25) is 0 Å². The number of hydrogen-bond donors (Lipinski definition) is 2. The third-order valence-corrected chi connectivity index (χ3v) is 3.25. The molecule has 90 valence electrons. The van der Waals surface area contributed by atoms with Crippen LogP contribution in [0.3, 0.4) is 0 Å². The van der Waals surface area contributed by atoms with E-state index in [1.165, 1.54) is 0 Å². The smallest absolute Gasteiger partial charge is 0.320 e. The summed E-state index contributed by atoms with van der Waals surface area (Å²) in [5.41, 5.74) is 0. The zero-order valence-electron chi connectivity index (χ0n) is 9.69. The second-order valence-corrected chi connectivity index (χ2v) is 5.08. The molecule has 1 atom stereocenters. The fraction of sp³-hybridized carbons (Fsp3) is 0.636. The molecule has 0 saturated carbocycles. The van der Waals surface area contributed by atoms with Crippen molar-refractivity contribution < 1.29 is 9.90 Å². The Labute approximate surface area is 99.7 Å². The van der Waals surface area contributed by atoms with Gasteiger partial charge in [0, 0.05) is 17.6 Å². The molecule has 0 aliphatic heterocycles. The summed E-state index contributed by atoms with van der Waals surface area (Å²) < 4.78 is 0. The summed E-state index contributed by atoms with van der Waals surface area (Å²) in [5.74, 6) is -0.769. The Morgan fingerprint density at radius 2 is 2.44 bits per heavy atom. The first-order valence-corrected chi connectivity index (χ1v) is 6.32. The lowest BCUT2D eigenvalue weighted by atomic mass is 10.1. The number of aliphatic carboxylic acids is 1. The van der Waals surface area contributed by atoms with Crippen molar-refractivity contribution in [3.63, 3.8) is 0 Å². The number of carbonyl (C=O) groups is 1. The molecular formula is C11H18N2O2S. The molecule has 0 aliphatic rings. The molecule has 1 rings (SSSR count). The maximum Gasteiger partial charge on any atom is 0.320 e. The van der Waals surface area contributed by atoms with Gasteiger partial charge in [-0.25, -0.2) is 4.98 Å². The monoisotopic (exact) mass is 242 g/mol. The lowest BCUT2D eigenvalue weighted by Crippen LogP contribution is -2.35. The summed E-state index contributed by atoms with van der Waals surface area (Å²) in [6, 6.07) is -0.442. The fourth-order valence-corrected chi connectivity index (χ4v) is 2.18. The molecule has 1 aromatic heterocycles. The highest BCUT2D eigenvalue weighted by atomic mass is 32.1. The normalized spacial score (nSPS) is 12.6. The van der Waals surface area contributed by atoms with Gasteiger partial charge < -0.3 is 5.11 Å². The van der Waals surface area contributed by atoms with E-state index in [9.17, 15) is 4.79 Å². The average molecular weight is 242 g/mol. The highest BCUT2D eigenvalue weighted by molar-refractivity contribution is 7.11. The topological polar surface area (TPSA) is 62.2 Å². The SMILES string of the molecule is CCCCC(NCc1cnc(C)s1)C(=O)O. The van der Waals surface area contributed by atoms with E-state index in [2.05, 4.69) is 17.2 Å². The molecule has 0 bridgehead atoms. The molecule has 0 fully saturated rings. The van der Waals surface area contributed by atoms with E-state index in [0.29, 0.717) is 13.0 Å². The molecule has 4 nitrogen and oxygen atoms in total. The average Bonchev–Trinajstić information content (AvgIpc) is 2.64.